The summed E-state index contributed by atoms with van der Waals surface area (Å²) in [5.41, 5.74) is 22.4. The number of aromatic nitrogens is 1. The molecule has 0 bridgehead atoms. The molecule has 4 nitrogen and oxygen atoms in total. The number of rotatable bonds is 11. The molecule has 15 aromatic rings. The highest BCUT2D eigenvalue weighted by molar-refractivity contribution is 6.27. The normalized spacial score (nSPS) is 12.4. The Morgan fingerprint density at radius 1 is 0.301 bits per heavy atom. The van der Waals surface area contributed by atoms with Gasteiger partial charge in [0, 0.05) is 61.5 Å². The van der Waals surface area contributed by atoms with Gasteiger partial charge in [0.05, 0.1) is 21.8 Å². The fraction of sp³-hybridized carbons (Fsp3) is 0.0127. The van der Waals surface area contributed by atoms with Crippen LogP contribution < -0.4 is 9.80 Å². The molecule has 0 aliphatic heterocycles. The summed E-state index contributed by atoms with van der Waals surface area (Å²) in [7, 11) is 0. The zero-order valence-corrected chi connectivity index (χ0v) is 45.3. The SMILES string of the molecule is c1ccc(-c2ccc(N(c3ccccc3)c3cc(-c4cc5c6ccccc6n(-c6ccccc6)c5c5c4oc4ccccc45)cc(N(c4ccccc4)c4ccc5c(c4)-c4ccccc4C5(c4ccccc4)c4ccccc4)c3)cc2)cc1. The second-order valence-electron chi connectivity index (χ2n) is 21.6. The summed E-state index contributed by atoms with van der Waals surface area (Å²) in [6.07, 6.45) is 0. The van der Waals surface area contributed by atoms with E-state index in [0.717, 1.165) is 94.9 Å². The van der Waals surface area contributed by atoms with Crippen LogP contribution in [0.2, 0.25) is 0 Å². The van der Waals surface area contributed by atoms with Gasteiger partial charge in [0.1, 0.15) is 11.2 Å². The third kappa shape index (κ3) is 7.75. The molecule has 0 spiro atoms. The van der Waals surface area contributed by atoms with E-state index in [2.05, 4.69) is 336 Å². The van der Waals surface area contributed by atoms with E-state index in [4.69, 9.17) is 4.42 Å². The molecule has 16 rings (SSSR count). The Balaban J connectivity index is 0.990. The highest BCUT2D eigenvalue weighted by atomic mass is 16.3. The van der Waals surface area contributed by atoms with Gasteiger partial charge in [-0.25, -0.2) is 0 Å². The summed E-state index contributed by atoms with van der Waals surface area (Å²) in [5.74, 6) is 0. The Morgan fingerprint density at radius 3 is 1.46 bits per heavy atom. The first-order valence-corrected chi connectivity index (χ1v) is 28.5. The van der Waals surface area contributed by atoms with E-state index < -0.39 is 5.41 Å². The zero-order chi connectivity index (χ0) is 54.8. The summed E-state index contributed by atoms with van der Waals surface area (Å²) in [6, 6.07) is 117. The lowest BCUT2D eigenvalue weighted by molar-refractivity contribution is 0.670. The quantitative estimate of drug-likeness (QED) is 0.129. The van der Waals surface area contributed by atoms with Crippen molar-refractivity contribution >= 4 is 77.9 Å². The van der Waals surface area contributed by atoms with Crippen molar-refractivity contribution in [2.24, 2.45) is 0 Å². The molecule has 2 aromatic heterocycles. The largest absolute Gasteiger partial charge is 0.455 e. The maximum atomic E-state index is 7.26. The lowest BCUT2D eigenvalue weighted by Gasteiger charge is -2.34. The van der Waals surface area contributed by atoms with E-state index in [1.165, 1.54) is 44.3 Å². The molecule has 13 aromatic carbocycles. The Kier molecular flexibility index (Phi) is 11.4. The minimum absolute atomic E-state index is 0.538. The fourth-order valence-electron chi connectivity index (χ4n) is 13.5. The van der Waals surface area contributed by atoms with Crippen molar-refractivity contribution < 1.29 is 4.42 Å². The average molecular weight is 1060 g/mol. The van der Waals surface area contributed by atoms with E-state index in [-0.39, 0.29) is 0 Å². The third-order valence-electron chi connectivity index (χ3n) is 17.0. The van der Waals surface area contributed by atoms with Crippen LogP contribution in [0.4, 0.5) is 34.1 Å². The zero-order valence-electron chi connectivity index (χ0n) is 45.3. The minimum atomic E-state index is -0.538. The molecule has 0 saturated heterocycles. The van der Waals surface area contributed by atoms with Gasteiger partial charge in [-0.1, -0.05) is 224 Å². The van der Waals surface area contributed by atoms with Crippen LogP contribution in [0.3, 0.4) is 0 Å². The summed E-state index contributed by atoms with van der Waals surface area (Å²) < 4.78 is 9.68. The van der Waals surface area contributed by atoms with Gasteiger partial charge >= 0.3 is 0 Å². The van der Waals surface area contributed by atoms with E-state index >= 15 is 0 Å². The first-order chi connectivity index (χ1) is 41.2. The number of nitrogens with zero attached hydrogens (tertiary/aromatic N) is 3. The number of benzene rings is 13. The average Bonchev–Trinajstić information content (AvgIpc) is 1.93. The van der Waals surface area contributed by atoms with Gasteiger partial charge in [-0.05, 0) is 147 Å². The standard InChI is InChI=1S/C79H53N3O/c1-7-25-54(26-8-1)55-43-45-62(46-44-55)80(59-31-13-4-14-32-59)64-49-56(69-53-71-67-38-20-23-41-74(67)82(61-35-17-6-18-36-61)77(71)76-68-39-21-24-42-75(68)83-78(69)76)50-65(51-64)81(60-33-15-5-16-34-60)63-47-48-73-70(52-63)66-37-19-22-40-72(66)79(73,57-27-9-2-10-28-57)58-29-11-3-12-30-58/h1-53H. The highest BCUT2D eigenvalue weighted by Crippen LogP contribution is 2.58. The number of hydrogen-bond donors (Lipinski definition) is 0. The van der Waals surface area contributed by atoms with Crippen molar-refractivity contribution in [2.45, 2.75) is 5.41 Å². The highest BCUT2D eigenvalue weighted by Gasteiger charge is 2.46. The van der Waals surface area contributed by atoms with Gasteiger partial charge in [-0.15, -0.1) is 0 Å². The summed E-state index contributed by atoms with van der Waals surface area (Å²) in [4.78, 5) is 4.84. The van der Waals surface area contributed by atoms with Gasteiger partial charge in [0.15, 0.2) is 0 Å². The number of furan rings is 1. The van der Waals surface area contributed by atoms with Gasteiger partial charge in [-0.2, -0.15) is 0 Å². The van der Waals surface area contributed by atoms with Crippen LogP contribution >= 0.6 is 0 Å². The molecule has 0 amide bonds. The third-order valence-corrected chi connectivity index (χ3v) is 17.0. The van der Waals surface area contributed by atoms with E-state index in [1.807, 2.05) is 0 Å². The Morgan fingerprint density at radius 2 is 0.795 bits per heavy atom. The molecule has 0 atom stereocenters. The lowest BCUT2D eigenvalue weighted by atomic mass is 9.68. The molecular formula is C79H53N3O. The van der Waals surface area contributed by atoms with Gasteiger partial charge in [-0.3, -0.25) is 0 Å². The van der Waals surface area contributed by atoms with Gasteiger partial charge < -0.3 is 18.8 Å². The van der Waals surface area contributed by atoms with Crippen LogP contribution in [0.1, 0.15) is 22.3 Å². The van der Waals surface area contributed by atoms with Crippen LogP contribution in [0.5, 0.6) is 0 Å². The summed E-state index contributed by atoms with van der Waals surface area (Å²) in [5, 5.41) is 4.47. The molecular weight excluding hydrogens is 1010 g/mol. The fourth-order valence-corrected chi connectivity index (χ4v) is 13.5. The van der Waals surface area contributed by atoms with Crippen molar-refractivity contribution in [2.75, 3.05) is 9.80 Å². The van der Waals surface area contributed by atoms with E-state index in [9.17, 15) is 0 Å². The van der Waals surface area contributed by atoms with Crippen LogP contribution in [-0.2, 0) is 5.41 Å². The van der Waals surface area contributed by atoms with E-state index in [1.54, 1.807) is 0 Å². The Labute approximate surface area is 482 Å². The predicted molar refractivity (Wildman–Crippen MR) is 346 cm³/mol. The maximum absolute atomic E-state index is 7.26. The van der Waals surface area contributed by atoms with Crippen LogP contribution in [0, 0.1) is 0 Å². The maximum Gasteiger partial charge on any atom is 0.145 e. The molecule has 0 fully saturated rings. The summed E-state index contributed by atoms with van der Waals surface area (Å²) in [6.45, 7) is 0. The monoisotopic (exact) mass is 1060 g/mol. The number of hydrogen-bond acceptors (Lipinski definition) is 3. The molecule has 83 heavy (non-hydrogen) atoms. The molecule has 0 saturated carbocycles. The van der Waals surface area contributed by atoms with Crippen LogP contribution in [0.25, 0.3) is 82.8 Å². The number of para-hydroxylation sites is 5. The molecule has 2 heterocycles. The molecule has 1 aliphatic rings. The van der Waals surface area contributed by atoms with Crippen LogP contribution in [-0.4, -0.2) is 4.57 Å². The first-order valence-electron chi connectivity index (χ1n) is 28.5. The molecule has 4 heteroatoms. The van der Waals surface area contributed by atoms with Crippen molar-refractivity contribution in [1.29, 1.82) is 0 Å². The molecule has 0 N–H and O–H groups in total. The lowest BCUT2D eigenvalue weighted by Crippen LogP contribution is -2.28. The number of anilines is 6. The number of fused-ring (bicyclic) bond motifs is 10. The van der Waals surface area contributed by atoms with Crippen LogP contribution in [0.15, 0.2) is 326 Å². The first kappa shape index (κ1) is 48.0. The molecule has 0 radical (unpaired) electrons. The Hall–Kier alpha value is -10.9. The Bertz CT molecular complexity index is 4840. The second-order valence-corrected chi connectivity index (χ2v) is 21.6. The smallest absolute Gasteiger partial charge is 0.145 e. The van der Waals surface area contributed by atoms with Crippen molar-refractivity contribution in [1.82, 2.24) is 4.57 Å². The van der Waals surface area contributed by atoms with Crippen molar-refractivity contribution in [3.05, 3.63) is 344 Å². The molecule has 390 valence electrons. The minimum Gasteiger partial charge on any atom is -0.455 e. The topological polar surface area (TPSA) is 24.6 Å². The summed E-state index contributed by atoms with van der Waals surface area (Å²) >= 11 is 0. The molecule has 1 aliphatic carbocycles. The van der Waals surface area contributed by atoms with Gasteiger partial charge in [0.25, 0.3) is 0 Å². The molecule has 0 unspecified atom stereocenters. The van der Waals surface area contributed by atoms with Crippen molar-refractivity contribution in [3.8, 4) is 39.1 Å². The van der Waals surface area contributed by atoms with Gasteiger partial charge in [0.2, 0.25) is 0 Å². The van der Waals surface area contributed by atoms with E-state index in [0.29, 0.717) is 0 Å². The predicted octanol–water partition coefficient (Wildman–Crippen LogP) is 21.3. The second kappa shape index (κ2) is 19.7. The van der Waals surface area contributed by atoms with Crippen molar-refractivity contribution in [3.63, 3.8) is 0 Å².